The minimum atomic E-state index is -0.149. The molecule has 2 aliphatic rings. The second-order valence-corrected chi connectivity index (χ2v) is 6.71. The van der Waals surface area contributed by atoms with Crippen LogP contribution >= 0.6 is 0 Å². The fraction of sp³-hybridized carbons (Fsp3) is 0.611. The smallest absolute Gasteiger partial charge is 0.315 e. The number of esters is 1. The first-order valence-electron chi connectivity index (χ1n) is 8.14. The van der Waals surface area contributed by atoms with E-state index < -0.39 is 0 Å². The molecule has 1 aromatic rings. The van der Waals surface area contributed by atoms with Gasteiger partial charge in [0.2, 0.25) is 0 Å². The Bertz CT molecular complexity index is 514. The minimum Gasteiger partial charge on any atom is -0.462 e. The highest BCUT2D eigenvalue weighted by molar-refractivity contribution is 5.79. The van der Waals surface area contributed by atoms with E-state index in [9.17, 15) is 4.79 Å². The number of ether oxygens (including phenoxy) is 1. The summed E-state index contributed by atoms with van der Waals surface area (Å²) in [7, 11) is 0. The fourth-order valence-electron chi connectivity index (χ4n) is 3.56. The van der Waals surface area contributed by atoms with Crippen molar-refractivity contribution in [2.45, 2.75) is 51.7 Å². The van der Waals surface area contributed by atoms with Crippen LogP contribution in [0.15, 0.2) is 24.3 Å². The molecule has 1 fully saturated rings. The number of hydrogen-bond acceptors (Lipinski definition) is 3. The maximum Gasteiger partial charge on any atom is 0.315 e. The third kappa shape index (κ3) is 3.13. The molecule has 1 aliphatic heterocycles. The van der Waals surface area contributed by atoms with E-state index in [0.717, 1.165) is 30.9 Å². The first-order valence-corrected chi connectivity index (χ1v) is 8.14. The Labute approximate surface area is 127 Å². The van der Waals surface area contributed by atoms with E-state index >= 15 is 0 Å². The van der Waals surface area contributed by atoms with Gasteiger partial charge in [0.1, 0.15) is 6.10 Å². The molecule has 1 saturated carbocycles. The molecule has 3 heteroatoms. The van der Waals surface area contributed by atoms with Crippen LogP contribution in [0.3, 0.4) is 0 Å². The monoisotopic (exact) mass is 287 g/mol. The Morgan fingerprint density at radius 2 is 2.00 bits per heavy atom. The number of carbonyl (C=O) groups is 1. The molecule has 4 atom stereocenters. The van der Waals surface area contributed by atoms with E-state index in [0.29, 0.717) is 12.5 Å². The Morgan fingerprint density at radius 1 is 1.19 bits per heavy atom. The zero-order valence-electron chi connectivity index (χ0n) is 13.0. The van der Waals surface area contributed by atoms with Crippen molar-refractivity contribution in [1.29, 1.82) is 0 Å². The molecule has 0 spiro atoms. The minimum absolute atomic E-state index is 0.0543. The molecule has 114 valence electrons. The van der Waals surface area contributed by atoms with Crippen LogP contribution in [0.25, 0.3) is 0 Å². The molecule has 0 saturated heterocycles. The van der Waals surface area contributed by atoms with Crippen molar-refractivity contribution in [2.75, 3.05) is 6.54 Å². The average Bonchev–Trinajstić information content (AvgIpc) is 2.50. The highest BCUT2D eigenvalue weighted by Gasteiger charge is 2.32. The van der Waals surface area contributed by atoms with Crippen molar-refractivity contribution in [3.8, 4) is 0 Å². The van der Waals surface area contributed by atoms with Crippen molar-refractivity contribution < 1.29 is 9.53 Å². The van der Waals surface area contributed by atoms with Crippen LogP contribution in [0, 0.1) is 11.8 Å². The van der Waals surface area contributed by atoms with Gasteiger partial charge in [-0.2, -0.15) is 0 Å². The predicted octanol–water partition coefficient (Wildman–Crippen LogP) is 3.24. The van der Waals surface area contributed by atoms with Crippen molar-refractivity contribution in [2.24, 2.45) is 11.8 Å². The van der Waals surface area contributed by atoms with Gasteiger partial charge in [0, 0.05) is 13.1 Å². The summed E-state index contributed by atoms with van der Waals surface area (Å²) < 4.78 is 5.83. The Kier molecular flexibility index (Phi) is 4.29. The summed E-state index contributed by atoms with van der Waals surface area (Å²) in [5.41, 5.74) is 2.36. The first-order chi connectivity index (χ1) is 10.1. The highest BCUT2D eigenvalue weighted by atomic mass is 16.5. The lowest BCUT2D eigenvalue weighted by Gasteiger charge is -2.33. The average molecular weight is 287 g/mol. The molecule has 3 nitrogen and oxygen atoms in total. The molecule has 1 heterocycles. The van der Waals surface area contributed by atoms with Crippen LogP contribution in [0.4, 0.5) is 0 Å². The summed E-state index contributed by atoms with van der Waals surface area (Å²) in [5, 5.41) is 3.32. The number of fused-ring (bicyclic) bond motifs is 1. The van der Waals surface area contributed by atoms with Gasteiger partial charge in [-0.25, -0.2) is 0 Å². The summed E-state index contributed by atoms with van der Waals surface area (Å²) >= 11 is 0. The van der Waals surface area contributed by atoms with Crippen LogP contribution in [0.1, 0.15) is 50.2 Å². The van der Waals surface area contributed by atoms with Crippen LogP contribution in [-0.2, 0) is 16.1 Å². The quantitative estimate of drug-likeness (QED) is 0.849. The highest BCUT2D eigenvalue weighted by Crippen LogP contribution is 2.32. The maximum absolute atomic E-state index is 12.6. The molecule has 4 unspecified atom stereocenters. The van der Waals surface area contributed by atoms with Gasteiger partial charge >= 0.3 is 5.97 Å². The number of carbonyl (C=O) groups excluding carboxylic acids is 1. The van der Waals surface area contributed by atoms with Gasteiger partial charge in [-0.15, -0.1) is 0 Å². The van der Waals surface area contributed by atoms with Crippen molar-refractivity contribution in [3.63, 3.8) is 0 Å². The lowest BCUT2D eigenvalue weighted by Crippen LogP contribution is -2.36. The van der Waals surface area contributed by atoms with Gasteiger partial charge in [0.05, 0.1) is 5.92 Å². The molecule has 1 N–H and O–H groups in total. The van der Waals surface area contributed by atoms with Gasteiger partial charge in [0.25, 0.3) is 0 Å². The fourth-order valence-corrected chi connectivity index (χ4v) is 3.56. The molecule has 0 aromatic heterocycles. The maximum atomic E-state index is 12.6. The van der Waals surface area contributed by atoms with Gasteiger partial charge in [0.15, 0.2) is 0 Å². The topological polar surface area (TPSA) is 38.3 Å². The third-order valence-corrected chi connectivity index (χ3v) is 5.21. The molecule has 1 aliphatic carbocycles. The molecule has 3 rings (SSSR count). The van der Waals surface area contributed by atoms with E-state index in [1.165, 1.54) is 12.0 Å². The van der Waals surface area contributed by atoms with E-state index in [1.807, 2.05) is 12.1 Å². The Balaban J connectivity index is 1.67. The van der Waals surface area contributed by atoms with Crippen molar-refractivity contribution in [1.82, 2.24) is 5.32 Å². The predicted molar refractivity (Wildman–Crippen MR) is 82.9 cm³/mol. The van der Waals surface area contributed by atoms with Gasteiger partial charge in [-0.1, -0.05) is 38.1 Å². The Morgan fingerprint density at radius 3 is 2.81 bits per heavy atom. The largest absolute Gasteiger partial charge is 0.462 e. The number of rotatable bonds is 2. The first kappa shape index (κ1) is 14.6. The molecule has 1 aromatic carbocycles. The normalized spacial score (nSPS) is 32.3. The number of nitrogens with one attached hydrogen (secondary N) is 1. The van der Waals surface area contributed by atoms with Gasteiger partial charge in [-0.05, 0) is 42.2 Å². The van der Waals surface area contributed by atoms with E-state index in [1.54, 1.807) is 0 Å². The van der Waals surface area contributed by atoms with Crippen LogP contribution in [0.5, 0.6) is 0 Å². The molecular formula is C18H25NO2. The summed E-state index contributed by atoms with van der Waals surface area (Å²) in [5.74, 6) is 1.19. The molecule has 0 bridgehead atoms. The van der Waals surface area contributed by atoms with Crippen LogP contribution < -0.4 is 5.32 Å². The van der Waals surface area contributed by atoms with Crippen molar-refractivity contribution in [3.05, 3.63) is 35.4 Å². The van der Waals surface area contributed by atoms with E-state index in [2.05, 4.69) is 31.3 Å². The SMILES string of the molecule is CC1CCC(OC(=O)C2CNCc3ccccc32)CC1C. The summed E-state index contributed by atoms with van der Waals surface area (Å²) in [6.07, 6.45) is 3.30. The molecule has 0 amide bonds. The zero-order valence-corrected chi connectivity index (χ0v) is 13.0. The van der Waals surface area contributed by atoms with Crippen LogP contribution in [0.2, 0.25) is 0 Å². The molecule has 21 heavy (non-hydrogen) atoms. The number of hydrogen-bond donors (Lipinski definition) is 1. The summed E-state index contributed by atoms with van der Waals surface area (Å²) in [6.45, 7) is 6.10. The lowest BCUT2D eigenvalue weighted by molar-refractivity contribution is -0.153. The summed E-state index contributed by atoms with van der Waals surface area (Å²) in [4.78, 5) is 12.6. The molecular weight excluding hydrogens is 262 g/mol. The third-order valence-electron chi connectivity index (χ3n) is 5.21. The Hall–Kier alpha value is -1.35. The summed E-state index contributed by atoms with van der Waals surface area (Å²) in [6, 6.07) is 8.19. The van der Waals surface area contributed by atoms with Crippen LogP contribution in [-0.4, -0.2) is 18.6 Å². The van der Waals surface area contributed by atoms with Gasteiger partial charge in [-0.3, -0.25) is 4.79 Å². The zero-order chi connectivity index (χ0) is 14.8. The molecule has 0 radical (unpaired) electrons. The second-order valence-electron chi connectivity index (χ2n) is 6.71. The number of benzene rings is 1. The standard InChI is InChI=1S/C18H25NO2/c1-12-7-8-15(9-13(12)2)21-18(20)17-11-19-10-14-5-3-4-6-16(14)17/h3-6,12-13,15,17,19H,7-11H2,1-2H3. The van der Waals surface area contributed by atoms with E-state index in [4.69, 9.17) is 4.74 Å². The lowest BCUT2D eigenvalue weighted by atomic mass is 9.80. The van der Waals surface area contributed by atoms with E-state index in [-0.39, 0.29) is 18.0 Å². The van der Waals surface area contributed by atoms with Crippen molar-refractivity contribution >= 4 is 5.97 Å². The van der Waals surface area contributed by atoms with Gasteiger partial charge < -0.3 is 10.1 Å². The second kappa shape index (κ2) is 6.18.